The number of nitrogens with zero attached hydrogens (tertiary/aromatic N) is 1. The molecule has 0 aromatic carbocycles. The van der Waals surface area contributed by atoms with Gasteiger partial charge in [-0.1, -0.05) is 0 Å². The molecule has 0 fully saturated rings. The van der Waals surface area contributed by atoms with Crippen LogP contribution in [0.2, 0.25) is 0 Å². The van der Waals surface area contributed by atoms with Crippen molar-refractivity contribution in [2.75, 3.05) is 13.2 Å². The Bertz CT molecular complexity index is 97.3. The lowest BCUT2D eigenvalue weighted by atomic mass is 10.8. The van der Waals surface area contributed by atoms with E-state index in [0.29, 0.717) is 12.7 Å². The molecule has 0 saturated carbocycles. The maximum absolute atomic E-state index is 4.81. The van der Waals surface area contributed by atoms with Crippen molar-refractivity contribution in [1.29, 1.82) is 0 Å². The van der Waals surface area contributed by atoms with Crippen molar-refractivity contribution in [3.05, 3.63) is 0 Å². The van der Waals surface area contributed by atoms with Gasteiger partial charge in [-0.2, -0.15) is 0 Å². The van der Waals surface area contributed by atoms with Gasteiger partial charge in [0.25, 0.3) is 0 Å². The van der Waals surface area contributed by atoms with Crippen LogP contribution in [0.5, 0.6) is 0 Å². The third-order valence-electron chi connectivity index (χ3n) is 0.659. The third kappa shape index (κ3) is 1.62. The molecule has 0 spiro atoms. The molecule has 1 aliphatic rings. The van der Waals surface area contributed by atoms with E-state index in [-0.39, 0.29) is 4.70 Å². The Kier molecular flexibility index (Phi) is 3.44. The smallest absolute Gasteiger partial charge is 0.385 e. The van der Waals surface area contributed by atoms with Crippen molar-refractivity contribution in [2.45, 2.75) is 0 Å². The van der Waals surface area contributed by atoms with E-state index >= 15 is 0 Å². The Morgan fingerprint density at radius 3 is 2.75 bits per heavy atom. The van der Waals surface area contributed by atoms with Crippen LogP contribution in [0.15, 0.2) is 4.99 Å². The molecule has 5 heteroatoms. The minimum Gasteiger partial charge on any atom is -0.449 e. The standard InChI is InChI=1S/C3H6NO2P.FH/c7-6-3-4-1-2-5-3;/h1-2,7H2;1H. The molecule has 3 nitrogen and oxygen atoms in total. The van der Waals surface area contributed by atoms with Crippen LogP contribution in [0.1, 0.15) is 0 Å². The summed E-state index contributed by atoms with van der Waals surface area (Å²) < 4.78 is 9.36. The van der Waals surface area contributed by atoms with Crippen molar-refractivity contribution in [2.24, 2.45) is 4.99 Å². The van der Waals surface area contributed by atoms with Gasteiger partial charge in [-0.3, -0.25) is 4.70 Å². The zero-order valence-electron chi connectivity index (χ0n) is 4.16. The largest absolute Gasteiger partial charge is 0.449 e. The molecular weight excluding hydrogens is 132 g/mol. The summed E-state index contributed by atoms with van der Waals surface area (Å²) in [6.45, 7) is 1.38. The van der Waals surface area contributed by atoms with Crippen LogP contribution >= 0.6 is 9.47 Å². The van der Waals surface area contributed by atoms with Gasteiger partial charge in [-0.05, 0) is 0 Å². The second kappa shape index (κ2) is 3.61. The van der Waals surface area contributed by atoms with E-state index in [9.17, 15) is 0 Å². The lowest BCUT2D eigenvalue weighted by Gasteiger charge is -1.93. The molecule has 8 heavy (non-hydrogen) atoms. The molecule has 0 aromatic rings. The van der Waals surface area contributed by atoms with Crippen LogP contribution in [0.25, 0.3) is 0 Å². The summed E-state index contributed by atoms with van der Waals surface area (Å²) in [6, 6.07) is 0. The number of halogens is 1. The highest BCUT2D eigenvalue weighted by Gasteiger charge is 2.03. The monoisotopic (exact) mass is 139 g/mol. The maximum Gasteiger partial charge on any atom is 0.385 e. The van der Waals surface area contributed by atoms with Gasteiger partial charge in [0.2, 0.25) is 0 Å². The van der Waals surface area contributed by atoms with Crippen molar-refractivity contribution in [3.63, 3.8) is 0 Å². The Morgan fingerprint density at radius 2 is 2.50 bits per heavy atom. The Hall–Kier alpha value is -0.370. The summed E-state index contributed by atoms with van der Waals surface area (Å²) in [5.41, 5.74) is 0. The molecule has 1 atom stereocenters. The zero-order valence-corrected chi connectivity index (χ0v) is 5.32. The molecule has 0 N–H and O–H groups in total. The topological polar surface area (TPSA) is 30.8 Å². The van der Waals surface area contributed by atoms with E-state index in [2.05, 4.69) is 19.0 Å². The third-order valence-corrected chi connectivity index (χ3v) is 0.860. The predicted octanol–water partition coefficient (Wildman–Crippen LogP) is 0.332. The Morgan fingerprint density at radius 1 is 1.75 bits per heavy atom. The first-order chi connectivity index (χ1) is 3.43. The summed E-state index contributed by atoms with van der Waals surface area (Å²) in [5, 5.41) is 0. The molecule has 0 radical (unpaired) electrons. The minimum absolute atomic E-state index is 0. The minimum atomic E-state index is 0. The number of rotatable bonds is 0. The van der Waals surface area contributed by atoms with Crippen LogP contribution in [-0.4, -0.2) is 19.2 Å². The van der Waals surface area contributed by atoms with Crippen molar-refractivity contribution in [3.8, 4) is 0 Å². The quantitative estimate of drug-likeness (QED) is 0.453. The van der Waals surface area contributed by atoms with E-state index in [1.54, 1.807) is 0 Å². The fourth-order valence-corrected chi connectivity index (χ4v) is 0.529. The van der Waals surface area contributed by atoms with Crippen LogP contribution in [0, 0.1) is 0 Å². The van der Waals surface area contributed by atoms with Gasteiger partial charge in [0.1, 0.15) is 6.61 Å². The van der Waals surface area contributed by atoms with E-state index in [0.717, 1.165) is 6.54 Å². The van der Waals surface area contributed by atoms with Gasteiger partial charge in [0.15, 0.2) is 0 Å². The Balaban J connectivity index is 0.000000490. The fraction of sp³-hybridized carbons (Fsp3) is 0.667. The number of ether oxygens (including phenoxy) is 1. The highest BCUT2D eigenvalue weighted by molar-refractivity contribution is 7.10. The predicted molar refractivity (Wildman–Crippen MR) is 31.6 cm³/mol. The van der Waals surface area contributed by atoms with Gasteiger partial charge in [0, 0.05) is 0 Å². The normalized spacial score (nSPS) is 15.9. The molecule has 1 unspecified atom stereocenters. The molecule has 1 rings (SSSR count). The average Bonchev–Trinajstić information content (AvgIpc) is 2.14. The number of hydrogen-bond acceptors (Lipinski definition) is 3. The molecule has 1 heterocycles. The average molecular weight is 139 g/mol. The molecule has 48 valence electrons. The van der Waals surface area contributed by atoms with E-state index in [4.69, 9.17) is 4.74 Å². The van der Waals surface area contributed by atoms with Crippen LogP contribution in [0.4, 0.5) is 4.70 Å². The summed E-state index contributed by atoms with van der Waals surface area (Å²) in [7, 11) is 2.07. The van der Waals surface area contributed by atoms with Gasteiger partial charge >= 0.3 is 6.08 Å². The lowest BCUT2D eigenvalue weighted by molar-refractivity contribution is 0.286. The molecular formula is C3H7FNO2P. The lowest BCUT2D eigenvalue weighted by Crippen LogP contribution is -1.95. The fourth-order valence-electron chi connectivity index (χ4n) is 0.387. The molecule has 0 amide bonds. The highest BCUT2D eigenvalue weighted by atomic mass is 31.0. The van der Waals surface area contributed by atoms with Crippen LogP contribution in [-0.2, 0) is 9.26 Å². The van der Waals surface area contributed by atoms with Gasteiger partial charge in [-0.25, -0.2) is 4.99 Å². The Labute approximate surface area is 48.7 Å². The van der Waals surface area contributed by atoms with Gasteiger partial charge < -0.3 is 9.26 Å². The molecule has 0 saturated heterocycles. The zero-order chi connectivity index (χ0) is 5.11. The van der Waals surface area contributed by atoms with Crippen LogP contribution in [0.3, 0.4) is 0 Å². The highest BCUT2D eigenvalue weighted by Crippen LogP contribution is 1.98. The van der Waals surface area contributed by atoms with Crippen LogP contribution < -0.4 is 0 Å². The molecule has 0 aromatic heterocycles. The SMILES string of the molecule is F.POC1=NCCO1. The second-order valence-corrected chi connectivity index (χ2v) is 1.35. The first kappa shape index (κ1) is 7.63. The first-order valence-corrected chi connectivity index (χ1v) is 2.44. The van der Waals surface area contributed by atoms with Gasteiger partial charge in [-0.15, -0.1) is 0 Å². The molecule has 0 aliphatic carbocycles. The van der Waals surface area contributed by atoms with E-state index < -0.39 is 0 Å². The van der Waals surface area contributed by atoms with Crippen molar-refractivity contribution < 1.29 is 14.0 Å². The van der Waals surface area contributed by atoms with Crippen molar-refractivity contribution >= 4 is 15.6 Å². The molecule has 0 bridgehead atoms. The first-order valence-electron chi connectivity index (χ1n) is 1.97. The van der Waals surface area contributed by atoms with E-state index in [1.165, 1.54) is 0 Å². The molecule has 1 aliphatic heterocycles. The van der Waals surface area contributed by atoms with Gasteiger partial charge in [0.05, 0.1) is 16.0 Å². The number of aliphatic imine (C=N–C) groups is 1. The second-order valence-electron chi connectivity index (χ2n) is 1.11. The summed E-state index contributed by atoms with van der Waals surface area (Å²) >= 11 is 0. The maximum atomic E-state index is 4.81. The summed E-state index contributed by atoms with van der Waals surface area (Å²) in [4.78, 5) is 3.81. The van der Waals surface area contributed by atoms with Crippen molar-refractivity contribution in [1.82, 2.24) is 0 Å². The summed E-state index contributed by atoms with van der Waals surface area (Å²) in [6.07, 6.45) is 0.380. The summed E-state index contributed by atoms with van der Waals surface area (Å²) in [5.74, 6) is 0. The number of hydrogen-bond donors (Lipinski definition) is 0. The van der Waals surface area contributed by atoms with E-state index in [1.807, 2.05) is 0 Å².